The number of hydrogen-bond acceptors (Lipinski definition) is 2. The van der Waals surface area contributed by atoms with Crippen LogP contribution in [0.25, 0.3) is 0 Å². The average molecular weight is 295 g/mol. The Morgan fingerprint density at radius 1 is 1.05 bits per heavy atom. The van der Waals surface area contributed by atoms with E-state index >= 15 is 0 Å². The maximum Gasteiger partial charge on any atom is 0.223 e. The monoisotopic (exact) mass is 295 g/mol. The first-order valence-corrected chi connectivity index (χ1v) is 7.75. The normalized spacial score (nSPS) is 17.8. The molecule has 1 unspecified atom stereocenters. The highest BCUT2D eigenvalue weighted by Gasteiger charge is 2.27. The SMILES string of the molecule is Cc1ccc(Oc2ccc(CN3C(=O)CCC3C)cc2)cc1. The van der Waals surface area contributed by atoms with Gasteiger partial charge < -0.3 is 9.64 Å². The molecular formula is C19H21NO2. The Morgan fingerprint density at radius 3 is 2.18 bits per heavy atom. The molecule has 2 aromatic rings. The number of carbonyl (C=O) groups is 1. The maximum atomic E-state index is 11.8. The minimum atomic E-state index is 0.257. The fraction of sp³-hybridized carbons (Fsp3) is 0.316. The van der Waals surface area contributed by atoms with Gasteiger partial charge in [0.1, 0.15) is 11.5 Å². The molecule has 0 aliphatic carbocycles. The van der Waals surface area contributed by atoms with Crippen molar-refractivity contribution in [1.29, 1.82) is 0 Å². The number of aryl methyl sites for hydroxylation is 1. The lowest BCUT2D eigenvalue weighted by atomic mass is 10.2. The number of nitrogens with zero attached hydrogens (tertiary/aromatic N) is 1. The quantitative estimate of drug-likeness (QED) is 0.841. The van der Waals surface area contributed by atoms with Crippen LogP contribution in [0.3, 0.4) is 0 Å². The molecule has 1 aliphatic heterocycles. The zero-order valence-electron chi connectivity index (χ0n) is 13.1. The van der Waals surface area contributed by atoms with E-state index in [2.05, 4.69) is 13.8 Å². The second-order valence-corrected chi connectivity index (χ2v) is 5.97. The summed E-state index contributed by atoms with van der Waals surface area (Å²) in [5, 5.41) is 0. The predicted octanol–water partition coefficient (Wildman–Crippen LogP) is 4.30. The Kier molecular flexibility index (Phi) is 4.14. The van der Waals surface area contributed by atoms with E-state index in [1.54, 1.807) is 0 Å². The summed E-state index contributed by atoms with van der Waals surface area (Å²) in [6.07, 6.45) is 1.64. The van der Waals surface area contributed by atoms with Crippen molar-refractivity contribution in [2.75, 3.05) is 0 Å². The Morgan fingerprint density at radius 2 is 1.64 bits per heavy atom. The molecular weight excluding hydrogens is 274 g/mol. The molecule has 3 rings (SSSR count). The van der Waals surface area contributed by atoms with Gasteiger partial charge in [-0.3, -0.25) is 4.79 Å². The number of hydrogen-bond donors (Lipinski definition) is 0. The second-order valence-electron chi connectivity index (χ2n) is 5.97. The van der Waals surface area contributed by atoms with Crippen molar-refractivity contribution >= 4 is 5.91 Å². The van der Waals surface area contributed by atoms with Crippen LogP contribution in [0.15, 0.2) is 48.5 Å². The van der Waals surface area contributed by atoms with Gasteiger partial charge in [-0.15, -0.1) is 0 Å². The van der Waals surface area contributed by atoms with Gasteiger partial charge >= 0.3 is 0 Å². The minimum absolute atomic E-state index is 0.257. The first-order chi connectivity index (χ1) is 10.6. The molecule has 0 aromatic heterocycles. The first kappa shape index (κ1) is 14.6. The molecule has 1 amide bonds. The Bertz CT molecular complexity index is 646. The number of benzene rings is 2. The summed E-state index contributed by atoms with van der Waals surface area (Å²) in [6, 6.07) is 16.3. The number of likely N-dealkylation sites (tertiary alicyclic amines) is 1. The molecule has 1 aliphatic rings. The van der Waals surface area contributed by atoms with Crippen LogP contribution in [0.4, 0.5) is 0 Å². The van der Waals surface area contributed by atoms with E-state index in [0.29, 0.717) is 19.0 Å². The summed E-state index contributed by atoms with van der Waals surface area (Å²) >= 11 is 0. The van der Waals surface area contributed by atoms with Crippen molar-refractivity contribution in [3.05, 3.63) is 59.7 Å². The molecule has 3 heteroatoms. The minimum Gasteiger partial charge on any atom is -0.457 e. The lowest BCUT2D eigenvalue weighted by Gasteiger charge is -2.21. The van der Waals surface area contributed by atoms with Crippen LogP contribution in [0, 0.1) is 6.92 Å². The predicted molar refractivity (Wildman–Crippen MR) is 86.9 cm³/mol. The Hall–Kier alpha value is -2.29. The van der Waals surface area contributed by atoms with Crippen molar-refractivity contribution < 1.29 is 9.53 Å². The summed E-state index contributed by atoms with van der Waals surface area (Å²) < 4.78 is 5.82. The van der Waals surface area contributed by atoms with Crippen molar-refractivity contribution in [3.8, 4) is 11.5 Å². The standard InChI is InChI=1S/C19H21NO2/c1-14-3-8-17(9-4-14)22-18-10-6-16(7-11-18)13-20-15(2)5-12-19(20)21/h3-4,6-11,15H,5,12-13H2,1-2H3. The van der Waals surface area contributed by atoms with Crippen LogP contribution in [0.5, 0.6) is 11.5 Å². The first-order valence-electron chi connectivity index (χ1n) is 7.75. The van der Waals surface area contributed by atoms with Gasteiger partial charge in [-0.05, 0) is 50.1 Å². The summed E-state index contributed by atoms with van der Waals surface area (Å²) in [7, 11) is 0. The second kappa shape index (κ2) is 6.22. The van der Waals surface area contributed by atoms with Gasteiger partial charge in [-0.25, -0.2) is 0 Å². The zero-order valence-corrected chi connectivity index (χ0v) is 13.1. The molecule has 22 heavy (non-hydrogen) atoms. The molecule has 2 aromatic carbocycles. The number of ether oxygens (including phenoxy) is 1. The van der Waals surface area contributed by atoms with Crippen LogP contribution >= 0.6 is 0 Å². The Labute approximate surface area is 131 Å². The topological polar surface area (TPSA) is 29.5 Å². The van der Waals surface area contributed by atoms with Crippen molar-refractivity contribution in [1.82, 2.24) is 4.90 Å². The molecule has 0 bridgehead atoms. The molecule has 0 saturated carbocycles. The highest BCUT2D eigenvalue weighted by Crippen LogP contribution is 2.24. The fourth-order valence-corrected chi connectivity index (χ4v) is 2.72. The maximum absolute atomic E-state index is 11.8. The van der Waals surface area contributed by atoms with E-state index in [1.807, 2.05) is 53.4 Å². The number of carbonyl (C=O) groups excluding carboxylic acids is 1. The summed E-state index contributed by atoms with van der Waals surface area (Å²) in [5.74, 6) is 1.91. The summed E-state index contributed by atoms with van der Waals surface area (Å²) in [6.45, 7) is 4.85. The van der Waals surface area contributed by atoms with Crippen molar-refractivity contribution in [2.45, 2.75) is 39.3 Å². The molecule has 1 fully saturated rings. The highest BCUT2D eigenvalue weighted by molar-refractivity contribution is 5.78. The lowest BCUT2D eigenvalue weighted by Crippen LogP contribution is -2.30. The van der Waals surface area contributed by atoms with E-state index in [4.69, 9.17) is 4.74 Å². The summed E-state index contributed by atoms with van der Waals surface area (Å²) in [5.41, 5.74) is 2.35. The van der Waals surface area contributed by atoms with E-state index in [0.717, 1.165) is 23.5 Å². The fourth-order valence-electron chi connectivity index (χ4n) is 2.72. The van der Waals surface area contributed by atoms with E-state index in [9.17, 15) is 4.79 Å². The molecule has 1 saturated heterocycles. The lowest BCUT2D eigenvalue weighted by molar-refractivity contribution is -0.129. The largest absolute Gasteiger partial charge is 0.457 e. The van der Waals surface area contributed by atoms with Crippen LogP contribution in [-0.2, 0) is 11.3 Å². The van der Waals surface area contributed by atoms with Crippen LogP contribution < -0.4 is 4.74 Å². The van der Waals surface area contributed by atoms with Gasteiger partial charge in [0.2, 0.25) is 5.91 Å². The Balaban J connectivity index is 1.65. The van der Waals surface area contributed by atoms with Crippen LogP contribution in [0.2, 0.25) is 0 Å². The van der Waals surface area contributed by atoms with Gasteiger partial charge in [0.15, 0.2) is 0 Å². The molecule has 114 valence electrons. The molecule has 0 radical (unpaired) electrons. The van der Waals surface area contributed by atoms with Gasteiger partial charge in [-0.1, -0.05) is 29.8 Å². The van der Waals surface area contributed by atoms with Gasteiger partial charge in [-0.2, -0.15) is 0 Å². The zero-order chi connectivity index (χ0) is 15.5. The smallest absolute Gasteiger partial charge is 0.223 e. The van der Waals surface area contributed by atoms with Crippen LogP contribution in [0.1, 0.15) is 30.9 Å². The van der Waals surface area contributed by atoms with E-state index in [-0.39, 0.29) is 5.91 Å². The molecule has 1 atom stereocenters. The molecule has 0 spiro atoms. The molecule has 0 N–H and O–H groups in total. The van der Waals surface area contributed by atoms with Crippen molar-refractivity contribution in [3.63, 3.8) is 0 Å². The number of amides is 1. The average Bonchev–Trinajstić information content (AvgIpc) is 2.83. The summed E-state index contributed by atoms with van der Waals surface area (Å²) in [4.78, 5) is 13.8. The third-order valence-electron chi connectivity index (χ3n) is 4.16. The van der Waals surface area contributed by atoms with Gasteiger partial charge in [0, 0.05) is 19.0 Å². The van der Waals surface area contributed by atoms with Crippen molar-refractivity contribution in [2.24, 2.45) is 0 Å². The molecule has 3 nitrogen and oxygen atoms in total. The van der Waals surface area contributed by atoms with E-state index < -0.39 is 0 Å². The highest BCUT2D eigenvalue weighted by atomic mass is 16.5. The van der Waals surface area contributed by atoms with Gasteiger partial charge in [0.05, 0.1) is 0 Å². The third-order valence-corrected chi connectivity index (χ3v) is 4.16. The van der Waals surface area contributed by atoms with Crippen LogP contribution in [-0.4, -0.2) is 16.8 Å². The van der Waals surface area contributed by atoms with Gasteiger partial charge in [0.25, 0.3) is 0 Å². The molecule has 1 heterocycles. The third kappa shape index (κ3) is 3.30. The van der Waals surface area contributed by atoms with E-state index in [1.165, 1.54) is 5.56 Å². The number of rotatable bonds is 4.